The fourth-order valence-corrected chi connectivity index (χ4v) is 8.79. The van der Waals surface area contributed by atoms with E-state index in [9.17, 15) is 0 Å². The van der Waals surface area contributed by atoms with Crippen molar-refractivity contribution in [2.75, 3.05) is 0 Å². The molecule has 1 atom stereocenters. The lowest BCUT2D eigenvalue weighted by atomic mass is 10.1. The average Bonchev–Trinajstić information content (AvgIpc) is 3.96. The van der Waals surface area contributed by atoms with Crippen molar-refractivity contribution in [1.29, 1.82) is 0 Å². The van der Waals surface area contributed by atoms with Crippen LogP contribution < -0.4 is 9.47 Å². The molecule has 0 N–H and O–H groups in total. The number of aromatic nitrogens is 9. The van der Waals surface area contributed by atoms with Crippen LogP contribution in [0.25, 0.3) is 83.0 Å². The van der Waals surface area contributed by atoms with Crippen LogP contribution in [-0.2, 0) is 0 Å². The number of fused-ring (bicyclic) bond motifs is 9. The van der Waals surface area contributed by atoms with Gasteiger partial charge in [0.2, 0.25) is 0 Å². The van der Waals surface area contributed by atoms with E-state index >= 15 is 0 Å². The molecule has 0 radical (unpaired) electrons. The van der Waals surface area contributed by atoms with Gasteiger partial charge in [0, 0.05) is 74.9 Å². The van der Waals surface area contributed by atoms with E-state index in [4.69, 9.17) is 19.4 Å². The fraction of sp³-hybridized carbons (Fsp3) is 0.0769. The van der Waals surface area contributed by atoms with Crippen LogP contribution in [0.15, 0.2) is 170 Å². The monoisotopic (exact) mass is 819 g/mol. The molecule has 0 aliphatic carbocycles. The summed E-state index contributed by atoms with van der Waals surface area (Å²) in [5.74, 6) is 5.43. The largest absolute Gasteiger partial charge is 0.457 e. The number of nitrogens with zero attached hydrogens (tertiary/aromatic N) is 9. The first-order valence-electron chi connectivity index (χ1n) is 21.0. The molecule has 11 heteroatoms. The Labute approximate surface area is 360 Å². The first kappa shape index (κ1) is 36.4. The molecule has 6 aromatic carbocycles. The Bertz CT molecular complexity index is 3470. The summed E-state index contributed by atoms with van der Waals surface area (Å²) in [5.41, 5.74) is 5.83. The van der Waals surface area contributed by atoms with Crippen LogP contribution in [0.5, 0.6) is 23.0 Å². The van der Waals surface area contributed by atoms with Gasteiger partial charge >= 0.3 is 0 Å². The molecule has 0 saturated carbocycles. The maximum Gasteiger partial charge on any atom is 0.273 e. The second-order valence-electron chi connectivity index (χ2n) is 15.7. The Morgan fingerprint density at radius 1 is 0.413 bits per heavy atom. The third-order valence-electron chi connectivity index (χ3n) is 12.0. The van der Waals surface area contributed by atoms with Crippen LogP contribution in [-0.4, -0.2) is 44.1 Å². The second-order valence-corrected chi connectivity index (χ2v) is 15.7. The second kappa shape index (κ2) is 14.6. The van der Waals surface area contributed by atoms with E-state index in [-0.39, 0.29) is 5.92 Å². The SMILES string of the molecule is CCC(C)c1nnc(-n2c3cc(Oc4ccc5c6ccccc6n(-c6ccccn6)c5c4)ccc3c3ccc(Oc4ccc5c6ccccc6n(-c6ccccn6)c5c4)cc32)nn1. The number of rotatable bonds is 9. The van der Waals surface area contributed by atoms with Crippen molar-refractivity contribution < 1.29 is 9.47 Å². The minimum absolute atomic E-state index is 0.125. The minimum atomic E-state index is 0.125. The van der Waals surface area contributed by atoms with Gasteiger partial charge in [-0.3, -0.25) is 13.7 Å². The topological polar surface area (TPSA) is 111 Å². The van der Waals surface area contributed by atoms with Crippen molar-refractivity contribution in [2.45, 2.75) is 26.2 Å². The lowest BCUT2D eigenvalue weighted by molar-refractivity contribution is 0.484. The molecule has 0 bridgehead atoms. The van der Waals surface area contributed by atoms with E-state index in [1.165, 1.54) is 0 Å². The Hall–Kier alpha value is -8.44. The van der Waals surface area contributed by atoms with Crippen molar-refractivity contribution >= 4 is 65.4 Å². The molecule has 12 aromatic rings. The Balaban J connectivity index is 0.968. The third-order valence-corrected chi connectivity index (χ3v) is 12.0. The molecule has 0 amide bonds. The number of para-hydroxylation sites is 2. The number of benzene rings is 6. The molecule has 12 rings (SSSR count). The van der Waals surface area contributed by atoms with E-state index < -0.39 is 0 Å². The highest BCUT2D eigenvalue weighted by Crippen LogP contribution is 2.40. The van der Waals surface area contributed by atoms with Crippen LogP contribution in [0.3, 0.4) is 0 Å². The standard InChI is InChI=1S/C52H37N9O2/c1-3-32(2)51-55-57-52(58-56-51)61-47-30-35(62-33-18-22-39-37-12-4-6-14-43(37)59(45(39)28-33)49-16-8-10-26-53-49)20-24-41(47)42-25-21-36(31-48(42)61)63-34-19-23-40-38-13-5-7-15-44(38)60(46(40)29-34)50-17-9-11-27-54-50/h4-32H,3H2,1-2H3. The molecular weight excluding hydrogens is 783 g/mol. The summed E-state index contributed by atoms with van der Waals surface area (Å²) in [6.07, 6.45) is 4.51. The summed E-state index contributed by atoms with van der Waals surface area (Å²) < 4.78 is 19.7. The van der Waals surface area contributed by atoms with Gasteiger partial charge in [0.05, 0.1) is 33.1 Å². The fourth-order valence-electron chi connectivity index (χ4n) is 8.79. The molecule has 6 aromatic heterocycles. The molecular formula is C52H37N9O2. The van der Waals surface area contributed by atoms with Gasteiger partial charge in [-0.2, -0.15) is 0 Å². The molecule has 0 aliphatic rings. The summed E-state index contributed by atoms with van der Waals surface area (Å²) >= 11 is 0. The molecule has 1 unspecified atom stereocenters. The van der Waals surface area contributed by atoms with Gasteiger partial charge in [0.15, 0.2) is 5.82 Å². The van der Waals surface area contributed by atoms with Crippen LogP contribution in [0.4, 0.5) is 0 Å². The lowest BCUT2D eigenvalue weighted by Gasteiger charge is -2.11. The van der Waals surface area contributed by atoms with Gasteiger partial charge in [0.1, 0.15) is 34.6 Å². The highest BCUT2D eigenvalue weighted by atomic mass is 16.5. The Morgan fingerprint density at radius 3 is 1.19 bits per heavy atom. The first-order chi connectivity index (χ1) is 31.1. The van der Waals surface area contributed by atoms with Crippen LogP contribution >= 0.6 is 0 Å². The smallest absolute Gasteiger partial charge is 0.273 e. The van der Waals surface area contributed by atoms with Gasteiger partial charge in [-0.1, -0.05) is 62.4 Å². The van der Waals surface area contributed by atoms with E-state index in [0.29, 0.717) is 34.8 Å². The first-order valence-corrected chi connectivity index (χ1v) is 21.0. The third kappa shape index (κ3) is 6.04. The molecule has 63 heavy (non-hydrogen) atoms. The molecule has 11 nitrogen and oxygen atoms in total. The highest BCUT2D eigenvalue weighted by Gasteiger charge is 2.20. The summed E-state index contributed by atoms with van der Waals surface area (Å²) in [6.45, 7) is 4.18. The number of hydrogen-bond acceptors (Lipinski definition) is 8. The number of hydrogen-bond donors (Lipinski definition) is 0. The molecule has 0 saturated heterocycles. The van der Waals surface area contributed by atoms with Crippen LogP contribution in [0.1, 0.15) is 32.0 Å². The van der Waals surface area contributed by atoms with Gasteiger partial charge in [-0.05, 0) is 91.3 Å². The Morgan fingerprint density at radius 2 is 0.794 bits per heavy atom. The zero-order valence-corrected chi connectivity index (χ0v) is 34.3. The van der Waals surface area contributed by atoms with Gasteiger partial charge in [-0.15, -0.1) is 20.4 Å². The van der Waals surface area contributed by atoms with Crippen molar-refractivity contribution in [3.05, 3.63) is 176 Å². The minimum Gasteiger partial charge on any atom is -0.457 e. The number of ether oxygens (including phenoxy) is 2. The molecule has 0 fully saturated rings. The van der Waals surface area contributed by atoms with Crippen LogP contribution in [0.2, 0.25) is 0 Å². The molecule has 6 heterocycles. The Kier molecular flexibility index (Phi) is 8.46. The lowest BCUT2D eigenvalue weighted by Crippen LogP contribution is -2.09. The molecule has 0 aliphatic heterocycles. The van der Waals surface area contributed by atoms with E-state index in [1.807, 2.05) is 89.8 Å². The zero-order chi connectivity index (χ0) is 42.0. The molecule has 302 valence electrons. The maximum absolute atomic E-state index is 6.68. The predicted octanol–water partition coefficient (Wildman–Crippen LogP) is 12.4. The quantitative estimate of drug-likeness (QED) is 0.142. The summed E-state index contributed by atoms with van der Waals surface area (Å²) in [4.78, 5) is 9.40. The highest BCUT2D eigenvalue weighted by molar-refractivity contribution is 6.11. The van der Waals surface area contributed by atoms with Gasteiger partial charge < -0.3 is 9.47 Å². The zero-order valence-electron chi connectivity index (χ0n) is 34.3. The molecule has 0 spiro atoms. The van der Waals surface area contributed by atoms with E-state index in [0.717, 1.165) is 83.5 Å². The van der Waals surface area contributed by atoms with Crippen molar-refractivity contribution in [1.82, 2.24) is 44.1 Å². The summed E-state index contributed by atoms with van der Waals surface area (Å²) in [7, 11) is 0. The van der Waals surface area contributed by atoms with Gasteiger partial charge in [-0.25, -0.2) is 9.97 Å². The van der Waals surface area contributed by atoms with E-state index in [1.54, 1.807) is 0 Å². The number of pyridine rings is 2. The van der Waals surface area contributed by atoms with Crippen molar-refractivity contribution in [3.8, 4) is 40.6 Å². The van der Waals surface area contributed by atoms with Gasteiger partial charge in [0.25, 0.3) is 5.95 Å². The summed E-state index contributed by atoms with van der Waals surface area (Å²) in [6, 6.07) is 53.2. The van der Waals surface area contributed by atoms with E-state index in [2.05, 4.69) is 128 Å². The van der Waals surface area contributed by atoms with Crippen LogP contribution in [0, 0.1) is 0 Å². The predicted molar refractivity (Wildman–Crippen MR) is 248 cm³/mol. The van der Waals surface area contributed by atoms with Crippen molar-refractivity contribution in [3.63, 3.8) is 0 Å². The van der Waals surface area contributed by atoms with Crippen molar-refractivity contribution in [2.24, 2.45) is 0 Å². The normalized spacial score (nSPS) is 12.3. The summed E-state index contributed by atoms with van der Waals surface area (Å²) in [5, 5.41) is 24.9. The maximum atomic E-state index is 6.68. The average molecular weight is 820 g/mol.